The monoisotopic (exact) mass is 288 g/mol. The number of nitrogens with one attached hydrogen (secondary N) is 1. The van der Waals surface area contributed by atoms with Crippen molar-refractivity contribution in [1.29, 1.82) is 5.26 Å². The summed E-state index contributed by atoms with van der Waals surface area (Å²) in [5.74, 6) is 0.177. The molecule has 0 spiro atoms. The summed E-state index contributed by atoms with van der Waals surface area (Å²) in [7, 11) is 0. The normalized spacial score (nSPS) is 27.1. The number of hydrogen-bond donors (Lipinski definition) is 1. The van der Waals surface area contributed by atoms with Gasteiger partial charge in [0.05, 0.1) is 4.92 Å². The Kier molecular flexibility index (Phi) is 3.68. The molecule has 8 nitrogen and oxygen atoms in total. The molecule has 1 atom stereocenters. The second-order valence-electron chi connectivity index (χ2n) is 5.30. The average Bonchev–Trinajstić information content (AvgIpc) is 2.53. The van der Waals surface area contributed by atoms with Crippen LogP contribution in [0.4, 0.5) is 11.5 Å². The second kappa shape index (κ2) is 5.63. The zero-order valence-corrected chi connectivity index (χ0v) is 11.5. The molecule has 3 aliphatic rings. The van der Waals surface area contributed by atoms with Crippen molar-refractivity contribution >= 4 is 11.5 Å². The van der Waals surface area contributed by atoms with E-state index in [1.807, 2.05) is 6.07 Å². The molecule has 1 unspecified atom stereocenters. The summed E-state index contributed by atoms with van der Waals surface area (Å²) in [6, 6.07) is 3.54. The summed E-state index contributed by atoms with van der Waals surface area (Å²) in [5.41, 5.74) is -0.206. The Morgan fingerprint density at radius 3 is 2.81 bits per heavy atom. The Morgan fingerprint density at radius 2 is 2.24 bits per heavy atom. The van der Waals surface area contributed by atoms with Crippen LogP contribution in [0.5, 0.6) is 0 Å². The van der Waals surface area contributed by atoms with Crippen LogP contribution < -0.4 is 5.32 Å². The summed E-state index contributed by atoms with van der Waals surface area (Å²) in [4.78, 5) is 19.4. The van der Waals surface area contributed by atoms with Crippen LogP contribution in [0.25, 0.3) is 0 Å². The van der Waals surface area contributed by atoms with E-state index in [-0.39, 0.29) is 17.1 Å². The number of nitriles is 1. The first-order valence-corrected chi connectivity index (χ1v) is 6.93. The summed E-state index contributed by atoms with van der Waals surface area (Å²) >= 11 is 0. The average molecular weight is 288 g/mol. The SMILES string of the molecule is N#Cc1ccnc(NCC2CN3CCN2CC3)c1[N+](=O)[O-]. The van der Waals surface area contributed by atoms with Crippen molar-refractivity contribution in [3.63, 3.8) is 0 Å². The van der Waals surface area contributed by atoms with Gasteiger partial charge in [0.2, 0.25) is 5.82 Å². The highest BCUT2D eigenvalue weighted by Gasteiger charge is 2.32. The van der Waals surface area contributed by atoms with Gasteiger partial charge in [0.25, 0.3) is 0 Å². The zero-order chi connectivity index (χ0) is 14.8. The third kappa shape index (κ3) is 2.66. The third-order valence-electron chi connectivity index (χ3n) is 4.12. The van der Waals surface area contributed by atoms with Gasteiger partial charge >= 0.3 is 5.69 Å². The van der Waals surface area contributed by atoms with Crippen molar-refractivity contribution in [3.8, 4) is 6.07 Å². The molecule has 0 aromatic carbocycles. The van der Waals surface area contributed by atoms with E-state index in [2.05, 4.69) is 20.1 Å². The van der Waals surface area contributed by atoms with Gasteiger partial charge in [-0.25, -0.2) is 4.98 Å². The predicted molar refractivity (Wildman–Crippen MR) is 75.9 cm³/mol. The van der Waals surface area contributed by atoms with Crippen molar-refractivity contribution in [2.45, 2.75) is 6.04 Å². The minimum atomic E-state index is -0.551. The molecular weight excluding hydrogens is 272 g/mol. The van der Waals surface area contributed by atoms with E-state index in [0.29, 0.717) is 12.6 Å². The van der Waals surface area contributed by atoms with Gasteiger partial charge in [0, 0.05) is 51.5 Å². The maximum Gasteiger partial charge on any atom is 0.328 e. The number of aromatic nitrogens is 1. The maximum atomic E-state index is 11.1. The van der Waals surface area contributed by atoms with E-state index in [4.69, 9.17) is 5.26 Å². The lowest BCUT2D eigenvalue weighted by molar-refractivity contribution is -0.384. The van der Waals surface area contributed by atoms with Gasteiger partial charge in [-0.05, 0) is 6.07 Å². The number of nitro groups is 1. The van der Waals surface area contributed by atoms with E-state index in [1.54, 1.807) is 0 Å². The molecule has 8 heteroatoms. The topological polar surface area (TPSA) is 98.3 Å². The predicted octanol–water partition coefficient (Wildman–Crippen LogP) is 0.273. The van der Waals surface area contributed by atoms with Crippen molar-refractivity contribution in [3.05, 3.63) is 27.9 Å². The van der Waals surface area contributed by atoms with Crippen molar-refractivity contribution in [1.82, 2.24) is 14.8 Å². The lowest BCUT2D eigenvalue weighted by atomic mass is 10.1. The first kappa shape index (κ1) is 13.7. The molecule has 110 valence electrons. The number of pyridine rings is 1. The Labute approximate surface area is 122 Å². The molecule has 4 rings (SSSR count). The van der Waals surface area contributed by atoms with E-state index < -0.39 is 4.92 Å². The van der Waals surface area contributed by atoms with E-state index in [1.165, 1.54) is 12.3 Å². The highest BCUT2D eigenvalue weighted by Crippen LogP contribution is 2.26. The summed E-state index contributed by atoms with van der Waals surface area (Å²) < 4.78 is 0. The number of hydrogen-bond acceptors (Lipinski definition) is 7. The number of rotatable bonds is 4. The number of piperazine rings is 3. The molecule has 3 saturated heterocycles. The van der Waals surface area contributed by atoms with Gasteiger partial charge in [0.1, 0.15) is 11.6 Å². The van der Waals surface area contributed by atoms with Crippen LogP contribution in [0.1, 0.15) is 5.56 Å². The number of fused-ring (bicyclic) bond motifs is 3. The fraction of sp³-hybridized carbons (Fsp3) is 0.538. The van der Waals surface area contributed by atoms with Crippen molar-refractivity contribution < 1.29 is 4.92 Å². The Hall–Kier alpha value is -2.24. The summed E-state index contributed by atoms with van der Waals surface area (Å²) in [6.07, 6.45) is 1.42. The van der Waals surface area contributed by atoms with Gasteiger partial charge in [-0.2, -0.15) is 5.26 Å². The Morgan fingerprint density at radius 1 is 1.48 bits per heavy atom. The Balaban J connectivity index is 1.74. The molecule has 2 bridgehead atoms. The van der Waals surface area contributed by atoms with Gasteiger partial charge in [-0.15, -0.1) is 0 Å². The van der Waals surface area contributed by atoms with Crippen LogP contribution in [-0.2, 0) is 0 Å². The largest absolute Gasteiger partial charge is 0.363 e. The molecule has 1 N–H and O–H groups in total. The van der Waals surface area contributed by atoms with Gasteiger partial charge in [0.15, 0.2) is 0 Å². The molecule has 21 heavy (non-hydrogen) atoms. The fourth-order valence-corrected chi connectivity index (χ4v) is 2.99. The van der Waals surface area contributed by atoms with E-state index in [0.717, 1.165) is 32.7 Å². The highest BCUT2D eigenvalue weighted by molar-refractivity contribution is 5.64. The first-order valence-electron chi connectivity index (χ1n) is 6.93. The molecule has 3 fully saturated rings. The minimum Gasteiger partial charge on any atom is -0.363 e. The molecular formula is C13H16N6O2. The quantitative estimate of drug-likeness (QED) is 0.627. The van der Waals surface area contributed by atoms with Gasteiger partial charge in [-0.3, -0.25) is 19.9 Å². The van der Waals surface area contributed by atoms with Crippen LogP contribution in [0, 0.1) is 21.4 Å². The third-order valence-corrected chi connectivity index (χ3v) is 4.12. The first-order chi connectivity index (χ1) is 10.2. The molecule has 1 aromatic heterocycles. The van der Waals surface area contributed by atoms with E-state index >= 15 is 0 Å². The second-order valence-corrected chi connectivity index (χ2v) is 5.30. The van der Waals surface area contributed by atoms with Crippen LogP contribution in [-0.4, -0.2) is 65.0 Å². The molecule has 0 amide bonds. The smallest absolute Gasteiger partial charge is 0.328 e. The molecule has 0 radical (unpaired) electrons. The lowest BCUT2D eigenvalue weighted by Crippen LogP contribution is -2.62. The molecule has 3 aliphatic heterocycles. The van der Waals surface area contributed by atoms with Crippen LogP contribution in [0.3, 0.4) is 0 Å². The molecule has 4 heterocycles. The summed E-state index contributed by atoms with van der Waals surface area (Å²) in [5, 5.41) is 23.2. The minimum absolute atomic E-state index is 0.0340. The zero-order valence-electron chi connectivity index (χ0n) is 11.5. The number of anilines is 1. The summed E-state index contributed by atoms with van der Waals surface area (Å²) in [6.45, 7) is 5.84. The standard InChI is InChI=1S/C13H16N6O2/c14-7-10-1-2-15-13(12(10)19(20)21)16-8-11-9-17-3-5-18(11)6-4-17/h1-2,11H,3-6,8-9H2,(H,15,16). The fourth-order valence-electron chi connectivity index (χ4n) is 2.99. The van der Waals surface area contributed by atoms with Crippen LogP contribution in [0.15, 0.2) is 12.3 Å². The highest BCUT2D eigenvalue weighted by atomic mass is 16.6. The van der Waals surface area contributed by atoms with Gasteiger partial charge in [-0.1, -0.05) is 0 Å². The molecule has 0 aliphatic carbocycles. The van der Waals surface area contributed by atoms with Crippen molar-refractivity contribution in [2.24, 2.45) is 0 Å². The molecule has 0 saturated carbocycles. The van der Waals surface area contributed by atoms with Crippen LogP contribution in [0.2, 0.25) is 0 Å². The Bertz CT molecular complexity index is 591. The number of nitrogens with zero attached hydrogens (tertiary/aromatic N) is 5. The molecule has 1 aromatic rings. The maximum absolute atomic E-state index is 11.1. The van der Waals surface area contributed by atoms with Gasteiger partial charge < -0.3 is 5.32 Å². The van der Waals surface area contributed by atoms with Crippen LogP contribution >= 0.6 is 0 Å². The van der Waals surface area contributed by atoms with Crippen molar-refractivity contribution in [2.75, 3.05) is 44.6 Å². The lowest BCUT2D eigenvalue weighted by Gasteiger charge is -2.47. The van der Waals surface area contributed by atoms with E-state index in [9.17, 15) is 10.1 Å².